The molecule has 2 heterocycles. The fourth-order valence-electron chi connectivity index (χ4n) is 3.28. The summed E-state index contributed by atoms with van der Waals surface area (Å²) in [5, 5.41) is 0. The van der Waals surface area contributed by atoms with Crippen molar-refractivity contribution in [3.63, 3.8) is 0 Å². The van der Waals surface area contributed by atoms with Crippen LogP contribution in [0.1, 0.15) is 26.2 Å². The molecular weight excluding hydrogens is 240 g/mol. The molecule has 0 radical (unpaired) electrons. The third-order valence-electron chi connectivity index (χ3n) is 4.63. The summed E-state index contributed by atoms with van der Waals surface area (Å²) in [4.78, 5) is 18.1. The number of carbonyl (C=O) groups is 1. The molecule has 0 aromatic rings. The zero-order valence-electron chi connectivity index (χ0n) is 12.5. The zero-order chi connectivity index (χ0) is 14.0. The van der Waals surface area contributed by atoms with Crippen LogP contribution in [-0.4, -0.2) is 73.1 Å². The Balaban J connectivity index is 1.79. The van der Waals surface area contributed by atoms with Gasteiger partial charge in [-0.25, -0.2) is 4.79 Å². The molecule has 2 amide bonds. The second kappa shape index (κ2) is 6.09. The predicted octanol–water partition coefficient (Wildman–Crippen LogP) is 0.802. The Kier molecular flexibility index (Phi) is 4.68. The summed E-state index contributed by atoms with van der Waals surface area (Å²) >= 11 is 0. The highest BCUT2D eigenvalue weighted by molar-refractivity contribution is 5.73. The number of likely N-dealkylation sites (tertiary alicyclic amines) is 2. The molecule has 0 bridgehead atoms. The Morgan fingerprint density at radius 2 is 1.84 bits per heavy atom. The zero-order valence-corrected chi connectivity index (χ0v) is 12.5. The van der Waals surface area contributed by atoms with Gasteiger partial charge in [0.2, 0.25) is 0 Å². The Morgan fingerprint density at radius 1 is 1.21 bits per heavy atom. The molecule has 5 heteroatoms. The molecule has 2 rings (SSSR count). The molecule has 0 aliphatic carbocycles. The number of urea groups is 1. The summed E-state index contributed by atoms with van der Waals surface area (Å²) in [5.41, 5.74) is 6.00. The molecule has 0 saturated carbocycles. The monoisotopic (exact) mass is 268 g/mol. The van der Waals surface area contributed by atoms with Gasteiger partial charge in [0.15, 0.2) is 0 Å². The molecule has 2 fully saturated rings. The van der Waals surface area contributed by atoms with E-state index in [4.69, 9.17) is 5.73 Å². The van der Waals surface area contributed by atoms with Crippen molar-refractivity contribution in [2.45, 2.75) is 38.3 Å². The lowest BCUT2D eigenvalue weighted by molar-refractivity contribution is 0.118. The molecule has 2 aliphatic rings. The Hall–Kier alpha value is -0.810. The Labute approximate surface area is 116 Å². The number of piperidine rings is 1. The molecule has 0 aromatic heterocycles. The van der Waals surface area contributed by atoms with Crippen LogP contribution in [0.25, 0.3) is 0 Å². The minimum absolute atomic E-state index is 0.147. The van der Waals surface area contributed by atoms with Crippen LogP contribution in [0.5, 0.6) is 0 Å². The summed E-state index contributed by atoms with van der Waals surface area (Å²) in [6.07, 6.45) is 3.44. The molecule has 110 valence electrons. The third kappa shape index (κ3) is 3.39. The molecule has 2 saturated heterocycles. The van der Waals surface area contributed by atoms with E-state index < -0.39 is 0 Å². The van der Waals surface area contributed by atoms with Crippen LogP contribution >= 0.6 is 0 Å². The largest absolute Gasteiger partial charge is 0.331 e. The second-order valence-electron chi connectivity index (χ2n) is 6.30. The van der Waals surface area contributed by atoms with Crippen LogP contribution in [0.15, 0.2) is 0 Å². The van der Waals surface area contributed by atoms with Gasteiger partial charge in [-0.2, -0.15) is 0 Å². The lowest BCUT2D eigenvalue weighted by Gasteiger charge is -2.37. The van der Waals surface area contributed by atoms with Crippen LogP contribution in [-0.2, 0) is 0 Å². The van der Waals surface area contributed by atoms with Gasteiger partial charge in [0.1, 0.15) is 0 Å². The molecule has 2 atom stereocenters. The predicted molar refractivity (Wildman–Crippen MR) is 77.0 cm³/mol. The first kappa shape index (κ1) is 14.6. The number of hydrogen-bond donors (Lipinski definition) is 1. The van der Waals surface area contributed by atoms with E-state index in [-0.39, 0.29) is 6.03 Å². The molecule has 2 aliphatic heterocycles. The molecule has 5 nitrogen and oxygen atoms in total. The lowest BCUT2D eigenvalue weighted by Crippen LogP contribution is -2.49. The van der Waals surface area contributed by atoms with E-state index in [0.717, 1.165) is 32.5 Å². The van der Waals surface area contributed by atoms with E-state index >= 15 is 0 Å². The first-order valence-electron chi connectivity index (χ1n) is 7.45. The fourth-order valence-corrected chi connectivity index (χ4v) is 3.28. The standard InChI is InChI=1S/C14H28N4O/c1-11(15)12-4-7-18(10-12)13-5-8-17(9-6-13)14(19)16(2)3/h11-13H,4-10,15H2,1-3H3. The van der Waals surface area contributed by atoms with Crippen molar-refractivity contribution < 1.29 is 4.79 Å². The van der Waals surface area contributed by atoms with Crippen molar-refractivity contribution in [2.24, 2.45) is 11.7 Å². The average molecular weight is 268 g/mol. The van der Waals surface area contributed by atoms with E-state index in [9.17, 15) is 4.79 Å². The maximum absolute atomic E-state index is 11.9. The van der Waals surface area contributed by atoms with Crippen LogP contribution in [0, 0.1) is 5.92 Å². The summed E-state index contributed by atoms with van der Waals surface area (Å²) in [6.45, 7) is 6.22. The van der Waals surface area contributed by atoms with E-state index in [1.165, 1.54) is 13.0 Å². The topological polar surface area (TPSA) is 52.8 Å². The van der Waals surface area contributed by atoms with E-state index in [2.05, 4.69) is 11.8 Å². The van der Waals surface area contributed by atoms with Crippen molar-refractivity contribution in [3.8, 4) is 0 Å². The highest BCUT2D eigenvalue weighted by Crippen LogP contribution is 2.25. The molecule has 0 aromatic carbocycles. The first-order valence-corrected chi connectivity index (χ1v) is 7.45. The van der Waals surface area contributed by atoms with Gasteiger partial charge in [-0.1, -0.05) is 0 Å². The number of hydrogen-bond acceptors (Lipinski definition) is 3. The molecular formula is C14H28N4O. The fraction of sp³-hybridized carbons (Fsp3) is 0.929. The molecule has 0 spiro atoms. The minimum Gasteiger partial charge on any atom is -0.331 e. The SMILES string of the molecule is CC(N)C1CCN(C2CCN(C(=O)N(C)C)CC2)C1. The van der Waals surface area contributed by atoms with Crippen LogP contribution in [0.3, 0.4) is 0 Å². The van der Waals surface area contributed by atoms with Gasteiger partial charge in [-0.15, -0.1) is 0 Å². The van der Waals surface area contributed by atoms with Crippen molar-refractivity contribution in [1.82, 2.24) is 14.7 Å². The van der Waals surface area contributed by atoms with Crippen molar-refractivity contribution in [1.29, 1.82) is 0 Å². The first-order chi connectivity index (χ1) is 8.99. The quantitative estimate of drug-likeness (QED) is 0.806. The molecule has 19 heavy (non-hydrogen) atoms. The number of nitrogens with zero attached hydrogens (tertiary/aromatic N) is 3. The molecule has 2 unspecified atom stereocenters. The summed E-state index contributed by atoms with van der Waals surface area (Å²) < 4.78 is 0. The highest BCUT2D eigenvalue weighted by Gasteiger charge is 2.33. The average Bonchev–Trinajstić information content (AvgIpc) is 2.87. The number of carbonyl (C=O) groups excluding carboxylic acids is 1. The highest BCUT2D eigenvalue weighted by atomic mass is 16.2. The van der Waals surface area contributed by atoms with E-state index in [1.807, 2.05) is 19.0 Å². The van der Waals surface area contributed by atoms with Crippen LogP contribution in [0.4, 0.5) is 4.79 Å². The van der Waals surface area contributed by atoms with Crippen molar-refractivity contribution in [3.05, 3.63) is 0 Å². The van der Waals surface area contributed by atoms with Gasteiger partial charge in [0, 0.05) is 45.8 Å². The van der Waals surface area contributed by atoms with Gasteiger partial charge in [0.05, 0.1) is 0 Å². The Morgan fingerprint density at radius 3 is 2.32 bits per heavy atom. The maximum atomic E-state index is 11.9. The van der Waals surface area contributed by atoms with Gasteiger partial charge < -0.3 is 15.5 Å². The van der Waals surface area contributed by atoms with E-state index in [0.29, 0.717) is 18.0 Å². The summed E-state index contributed by atoms with van der Waals surface area (Å²) in [6, 6.07) is 1.10. The number of amides is 2. The van der Waals surface area contributed by atoms with Gasteiger partial charge in [-0.05, 0) is 38.6 Å². The summed E-state index contributed by atoms with van der Waals surface area (Å²) in [5.74, 6) is 0.654. The third-order valence-corrected chi connectivity index (χ3v) is 4.63. The van der Waals surface area contributed by atoms with Crippen LogP contribution < -0.4 is 5.73 Å². The van der Waals surface area contributed by atoms with Gasteiger partial charge >= 0.3 is 6.03 Å². The number of rotatable bonds is 2. The number of nitrogens with two attached hydrogens (primary N) is 1. The van der Waals surface area contributed by atoms with Crippen LogP contribution in [0.2, 0.25) is 0 Å². The second-order valence-corrected chi connectivity index (χ2v) is 6.30. The van der Waals surface area contributed by atoms with Gasteiger partial charge in [0.25, 0.3) is 0 Å². The maximum Gasteiger partial charge on any atom is 0.319 e. The minimum atomic E-state index is 0.147. The lowest BCUT2D eigenvalue weighted by atomic mass is 10.0. The molecule has 2 N–H and O–H groups in total. The summed E-state index contributed by atoms with van der Waals surface area (Å²) in [7, 11) is 3.64. The smallest absolute Gasteiger partial charge is 0.319 e. The van der Waals surface area contributed by atoms with Gasteiger partial charge in [-0.3, -0.25) is 4.90 Å². The van der Waals surface area contributed by atoms with Crippen molar-refractivity contribution in [2.75, 3.05) is 40.3 Å². The van der Waals surface area contributed by atoms with E-state index in [1.54, 1.807) is 4.90 Å². The normalized spacial score (nSPS) is 27.6. The Bertz CT molecular complexity index is 311. The van der Waals surface area contributed by atoms with Crippen molar-refractivity contribution >= 4 is 6.03 Å².